The van der Waals surface area contributed by atoms with Crippen LogP contribution < -0.4 is 0 Å². The Kier molecular flexibility index (Phi) is 5.41. The number of carbonyl (C=O) groups excluding carboxylic acids is 2. The molecular formula is C21H18O3S. The summed E-state index contributed by atoms with van der Waals surface area (Å²) in [5.74, 6) is -0.525. The third-order valence-corrected chi connectivity index (χ3v) is 5.05. The molecule has 0 amide bonds. The molecule has 0 N–H and O–H groups in total. The predicted octanol–water partition coefficient (Wildman–Crippen LogP) is 4.55. The molecule has 2 aromatic carbocycles. The highest BCUT2D eigenvalue weighted by atomic mass is 32.1. The molecule has 0 bridgehead atoms. The normalized spacial score (nSPS) is 10.4. The molecule has 3 rings (SSSR count). The van der Waals surface area contributed by atoms with Crippen molar-refractivity contribution in [3.8, 4) is 0 Å². The Bertz CT molecular complexity index is 867. The Balaban J connectivity index is 1.88. The van der Waals surface area contributed by atoms with Crippen LogP contribution in [0.4, 0.5) is 0 Å². The number of hydrogen-bond donors (Lipinski definition) is 0. The lowest BCUT2D eigenvalue weighted by Gasteiger charge is -2.02. The Morgan fingerprint density at radius 1 is 0.920 bits per heavy atom. The van der Waals surface area contributed by atoms with Gasteiger partial charge in [-0.25, -0.2) is 4.79 Å². The Labute approximate surface area is 150 Å². The van der Waals surface area contributed by atoms with Crippen LogP contribution in [-0.4, -0.2) is 18.9 Å². The van der Waals surface area contributed by atoms with Crippen molar-refractivity contribution in [2.75, 3.05) is 7.11 Å². The Morgan fingerprint density at radius 3 is 2.12 bits per heavy atom. The fourth-order valence-electron chi connectivity index (χ4n) is 2.66. The van der Waals surface area contributed by atoms with Crippen LogP contribution in [0.15, 0.2) is 66.7 Å². The summed E-state index contributed by atoms with van der Waals surface area (Å²) in [7, 11) is 1.34. The van der Waals surface area contributed by atoms with E-state index in [1.807, 2.05) is 60.7 Å². The molecule has 0 aliphatic rings. The molecule has 0 aliphatic carbocycles. The topological polar surface area (TPSA) is 43.4 Å². The number of Topliss-reactive ketones (excluding diaryl/α,β-unsaturated/α-hetero) is 1. The van der Waals surface area contributed by atoms with E-state index in [2.05, 4.69) is 0 Å². The highest BCUT2D eigenvalue weighted by Gasteiger charge is 2.22. The summed E-state index contributed by atoms with van der Waals surface area (Å²) in [6, 6.07) is 21.3. The van der Waals surface area contributed by atoms with Gasteiger partial charge in [-0.15, -0.1) is 11.3 Å². The van der Waals surface area contributed by atoms with Gasteiger partial charge >= 0.3 is 5.97 Å². The number of benzene rings is 2. The first-order valence-corrected chi connectivity index (χ1v) is 8.81. The van der Waals surface area contributed by atoms with Crippen LogP contribution in [0, 0.1) is 0 Å². The van der Waals surface area contributed by atoms with Crippen LogP contribution in [0.1, 0.15) is 36.0 Å². The second-order valence-electron chi connectivity index (χ2n) is 5.70. The van der Waals surface area contributed by atoms with Gasteiger partial charge in [-0.05, 0) is 17.2 Å². The molecule has 4 heteroatoms. The zero-order chi connectivity index (χ0) is 17.6. The maximum atomic E-state index is 12.7. The maximum Gasteiger partial charge on any atom is 0.339 e. The highest BCUT2D eigenvalue weighted by Crippen LogP contribution is 2.27. The second-order valence-corrected chi connectivity index (χ2v) is 6.83. The van der Waals surface area contributed by atoms with Gasteiger partial charge in [0.2, 0.25) is 0 Å². The minimum Gasteiger partial charge on any atom is -0.465 e. The summed E-state index contributed by atoms with van der Waals surface area (Å²) in [6.45, 7) is 0. The monoisotopic (exact) mass is 350 g/mol. The molecule has 1 heterocycles. The number of carbonyl (C=O) groups is 2. The van der Waals surface area contributed by atoms with Crippen molar-refractivity contribution in [1.82, 2.24) is 0 Å². The summed E-state index contributed by atoms with van der Waals surface area (Å²) < 4.78 is 4.86. The number of thiophene rings is 1. The van der Waals surface area contributed by atoms with Gasteiger partial charge in [0.05, 0.1) is 17.6 Å². The van der Waals surface area contributed by atoms with Crippen molar-refractivity contribution >= 4 is 23.1 Å². The molecule has 25 heavy (non-hydrogen) atoms. The van der Waals surface area contributed by atoms with Crippen LogP contribution >= 0.6 is 11.3 Å². The van der Waals surface area contributed by atoms with E-state index in [-0.39, 0.29) is 12.2 Å². The molecule has 0 spiro atoms. The Hall–Kier alpha value is -2.72. The van der Waals surface area contributed by atoms with E-state index < -0.39 is 5.97 Å². The van der Waals surface area contributed by atoms with E-state index >= 15 is 0 Å². The number of esters is 1. The van der Waals surface area contributed by atoms with E-state index in [4.69, 9.17) is 4.74 Å². The van der Waals surface area contributed by atoms with Crippen molar-refractivity contribution in [3.05, 3.63) is 93.2 Å². The van der Waals surface area contributed by atoms with Crippen LogP contribution in [-0.2, 0) is 17.6 Å². The van der Waals surface area contributed by atoms with Crippen LogP contribution in [0.3, 0.4) is 0 Å². The average molecular weight is 350 g/mol. The summed E-state index contributed by atoms with van der Waals surface area (Å²) in [6.07, 6.45) is 0.963. The molecule has 126 valence electrons. The second kappa shape index (κ2) is 7.90. The molecule has 3 nitrogen and oxygen atoms in total. The van der Waals surface area contributed by atoms with Crippen molar-refractivity contribution in [2.45, 2.75) is 12.8 Å². The quantitative estimate of drug-likeness (QED) is 0.484. The number of ether oxygens (including phenoxy) is 1. The van der Waals surface area contributed by atoms with Gasteiger partial charge in [-0.2, -0.15) is 0 Å². The Morgan fingerprint density at radius 2 is 1.52 bits per heavy atom. The first-order valence-electron chi connectivity index (χ1n) is 7.99. The van der Waals surface area contributed by atoms with Gasteiger partial charge < -0.3 is 4.74 Å². The molecule has 0 fully saturated rings. The van der Waals surface area contributed by atoms with Crippen molar-refractivity contribution in [3.63, 3.8) is 0 Å². The van der Waals surface area contributed by atoms with E-state index in [1.54, 1.807) is 6.07 Å². The average Bonchev–Trinajstić information content (AvgIpc) is 3.07. The highest BCUT2D eigenvalue weighted by molar-refractivity contribution is 7.14. The van der Waals surface area contributed by atoms with Crippen molar-refractivity contribution in [1.29, 1.82) is 0 Å². The van der Waals surface area contributed by atoms with Crippen molar-refractivity contribution < 1.29 is 14.3 Å². The molecule has 0 saturated heterocycles. The molecule has 0 atom stereocenters. The van der Waals surface area contributed by atoms with Gasteiger partial charge in [0.15, 0.2) is 5.78 Å². The fraction of sp³-hybridized carbons (Fsp3) is 0.143. The molecule has 0 aliphatic heterocycles. The third-order valence-electron chi connectivity index (χ3n) is 3.87. The minimum absolute atomic E-state index is 0.0593. The molecule has 1 aromatic heterocycles. The lowest BCUT2D eigenvalue weighted by Crippen LogP contribution is -2.09. The van der Waals surface area contributed by atoms with Gasteiger partial charge in [0.1, 0.15) is 0 Å². The van der Waals surface area contributed by atoms with Crippen molar-refractivity contribution in [2.24, 2.45) is 0 Å². The van der Waals surface area contributed by atoms with E-state index in [1.165, 1.54) is 18.4 Å². The largest absolute Gasteiger partial charge is 0.465 e. The number of ketones is 1. The maximum absolute atomic E-state index is 12.7. The molecule has 0 unspecified atom stereocenters. The number of rotatable bonds is 6. The number of methoxy groups -OCH3 is 1. The summed E-state index contributed by atoms with van der Waals surface area (Å²) >= 11 is 1.38. The van der Waals surface area contributed by atoms with Crippen LogP contribution in [0.5, 0.6) is 0 Å². The zero-order valence-electron chi connectivity index (χ0n) is 13.9. The summed E-state index contributed by atoms with van der Waals surface area (Å²) in [5, 5.41) is 0. The van der Waals surface area contributed by atoms with Gasteiger partial charge in [0, 0.05) is 17.7 Å². The molecule has 3 aromatic rings. The zero-order valence-corrected chi connectivity index (χ0v) is 14.7. The smallest absolute Gasteiger partial charge is 0.339 e. The predicted molar refractivity (Wildman–Crippen MR) is 99.4 cm³/mol. The van der Waals surface area contributed by atoms with Gasteiger partial charge in [-0.1, -0.05) is 60.7 Å². The van der Waals surface area contributed by atoms with Crippen LogP contribution in [0.2, 0.25) is 0 Å². The third kappa shape index (κ3) is 4.22. The first kappa shape index (κ1) is 17.1. The summed E-state index contributed by atoms with van der Waals surface area (Å²) in [5.41, 5.74) is 2.43. The summed E-state index contributed by atoms with van der Waals surface area (Å²) in [4.78, 5) is 26.3. The molecule has 0 radical (unpaired) electrons. The van der Waals surface area contributed by atoms with E-state index in [0.29, 0.717) is 16.9 Å². The van der Waals surface area contributed by atoms with E-state index in [0.717, 1.165) is 16.0 Å². The number of hydrogen-bond acceptors (Lipinski definition) is 4. The lowest BCUT2D eigenvalue weighted by molar-refractivity contribution is 0.0598. The van der Waals surface area contributed by atoms with Gasteiger partial charge in [0.25, 0.3) is 0 Å². The standard InChI is InChI=1S/C21H18O3S/c1-24-21(23)18-14-17(12-15-8-4-2-5-9-15)25-20(18)19(22)13-16-10-6-3-7-11-16/h2-11,14H,12-13H2,1H3. The van der Waals surface area contributed by atoms with Crippen LogP contribution in [0.25, 0.3) is 0 Å². The first-order chi connectivity index (χ1) is 12.2. The minimum atomic E-state index is -0.466. The molecular weight excluding hydrogens is 332 g/mol. The SMILES string of the molecule is COC(=O)c1cc(Cc2ccccc2)sc1C(=O)Cc1ccccc1. The van der Waals surface area contributed by atoms with E-state index in [9.17, 15) is 9.59 Å². The van der Waals surface area contributed by atoms with Gasteiger partial charge in [-0.3, -0.25) is 4.79 Å². The fourth-order valence-corrected chi connectivity index (χ4v) is 3.77. The lowest BCUT2D eigenvalue weighted by atomic mass is 10.1. The molecule has 0 saturated carbocycles.